The Bertz CT molecular complexity index is 1500. The van der Waals surface area contributed by atoms with Crippen LogP contribution in [0.4, 0.5) is 18.9 Å². The van der Waals surface area contributed by atoms with Gasteiger partial charge in [-0.2, -0.15) is 0 Å². The van der Waals surface area contributed by atoms with E-state index in [2.05, 4.69) is 15.0 Å². The first-order valence-electron chi connectivity index (χ1n) is 11.6. The van der Waals surface area contributed by atoms with E-state index in [4.69, 9.17) is 10.5 Å². The van der Waals surface area contributed by atoms with E-state index in [9.17, 15) is 23.1 Å². The standard InChI is InChI=1S/C26H24F3N5O3/c1-12-22(25-32-20-9-16(29)8-17(23(20)33-25)26(36)37-2)24(34-4-3-19(30)21(35)11-34)18(10-31-12)13-5-14(27)7-15(28)6-13/h5-10,19,21,35H,3-4,11,30H2,1-2H3,(H,32,33)/t19-,21+/m1/s1. The molecule has 0 radical (unpaired) electrons. The van der Waals surface area contributed by atoms with Gasteiger partial charge in [-0.25, -0.2) is 22.9 Å². The molecule has 0 saturated carbocycles. The zero-order valence-electron chi connectivity index (χ0n) is 20.1. The number of esters is 1. The molecule has 5 rings (SSSR count). The summed E-state index contributed by atoms with van der Waals surface area (Å²) in [5, 5.41) is 10.5. The molecule has 37 heavy (non-hydrogen) atoms. The summed E-state index contributed by atoms with van der Waals surface area (Å²) in [4.78, 5) is 26.3. The van der Waals surface area contributed by atoms with Crippen LogP contribution in [0.1, 0.15) is 22.5 Å². The normalized spacial score (nSPS) is 17.9. The average molecular weight is 512 g/mol. The first-order chi connectivity index (χ1) is 17.7. The number of carbonyl (C=O) groups is 1. The second-order valence-corrected chi connectivity index (χ2v) is 9.03. The molecule has 2 aromatic carbocycles. The minimum absolute atomic E-state index is 0.0603. The molecule has 3 heterocycles. The smallest absolute Gasteiger partial charge is 0.340 e. The number of aromatic amines is 1. The highest BCUT2D eigenvalue weighted by Crippen LogP contribution is 2.42. The number of ether oxygens (including phenoxy) is 1. The van der Waals surface area contributed by atoms with E-state index in [1.54, 1.807) is 6.92 Å². The number of rotatable bonds is 4. The van der Waals surface area contributed by atoms with Crippen molar-refractivity contribution in [2.75, 3.05) is 25.1 Å². The third kappa shape index (κ3) is 4.51. The van der Waals surface area contributed by atoms with Crippen LogP contribution < -0.4 is 10.6 Å². The second-order valence-electron chi connectivity index (χ2n) is 9.03. The van der Waals surface area contributed by atoms with E-state index in [1.165, 1.54) is 31.5 Å². The lowest BCUT2D eigenvalue weighted by molar-refractivity contribution is 0.0602. The van der Waals surface area contributed by atoms with Gasteiger partial charge in [-0.15, -0.1) is 0 Å². The number of methoxy groups -OCH3 is 1. The molecule has 192 valence electrons. The molecule has 8 nitrogen and oxygen atoms in total. The number of aromatic nitrogens is 3. The van der Waals surface area contributed by atoms with Gasteiger partial charge in [0, 0.05) is 37.0 Å². The molecule has 1 aliphatic heterocycles. The lowest BCUT2D eigenvalue weighted by Crippen LogP contribution is -2.51. The van der Waals surface area contributed by atoms with Gasteiger partial charge in [-0.1, -0.05) is 0 Å². The number of H-pyrrole nitrogens is 1. The highest BCUT2D eigenvalue weighted by atomic mass is 19.1. The summed E-state index contributed by atoms with van der Waals surface area (Å²) in [6.45, 7) is 2.34. The van der Waals surface area contributed by atoms with Gasteiger partial charge in [-0.3, -0.25) is 4.98 Å². The molecule has 4 N–H and O–H groups in total. The molecule has 0 aliphatic carbocycles. The van der Waals surface area contributed by atoms with Crippen LogP contribution in [0.5, 0.6) is 0 Å². The number of fused-ring (bicyclic) bond motifs is 1. The monoisotopic (exact) mass is 511 g/mol. The lowest BCUT2D eigenvalue weighted by atomic mass is 9.96. The van der Waals surface area contributed by atoms with Gasteiger partial charge in [0.1, 0.15) is 28.8 Å². The molecular weight excluding hydrogens is 487 g/mol. The fourth-order valence-electron chi connectivity index (χ4n) is 4.74. The number of nitrogens with zero attached hydrogens (tertiary/aromatic N) is 3. The van der Waals surface area contributed by atoms with Gasteiger partial charge in [-0.05, 0) is 43.2 Å². The molecule has 4 aromatic rings. The van der Waals surface area contributed by atoms with Crippen molar-refractivity contribution in [2.24, 2.45) is 5.73 Å². The molecule has 1 fully saturated rings. The zero-order chi connectivity index (χ0) is 26.4. The Balaban J connectivity index is 1.79. The number of imidazole rings is 1. The SMILES string of the molecule is COC(=O)c1cc(F)cc2[nH]c(-c3c(C)ncc(-c4cc(F)cc(F)c4)c3N3CC[C@@H](N)[C@@H](O)C3)nc12. The number of anilines is 1. The Morgan fingerprint density at radius 2 is 1.86 bits per heavy atom. The molecule has 2 aromatic heterocycles. The molecule has 0 bridgehead atoms. The van der Waals surface area contributed by atoms with Crippen LogP contribution in [0.2, 0.25) is 0 Å². The number of halogens is 3. The van der Waals surface area contributed by atoms with Crippen LogP contribution in [0, 0.1) is 24.4 Å². The van der Waals surface area contributed by atoms with E-state index in [0.29, 0.717) is 35.5 Å². The Labute approximate surface area is 209 Å². The number of benzene rings is 2. The second kappa shape index (κ2) is 9.49. The summed E-state index contributed by atoms with van der Waals surface area (Å²) in [6.07, 6.45) is 1.13. The van der Waals surface area contributed by atoms with Crippen molar-refractivity contribution in [3.63, 3.8) is 0 Å². The van der Waals surface area contributed by atoms with Crippen LogP contribution in [0.3, 0.4) is 0 Å². The summed E-state index contributed by atoms with van der Waals surface area (Å²) in [6, 6.07) is 4.98. The Morgan fingerprint density at radius 1 is 1.16 bits per heavy atom. The predicted molar refractivity (Wildman–Crippen MR) is 132 cm³/mol. The van der Waals surface area contributed by atoms with Crippen molar-refractivity contribution in [2.45, 2.75) is 25.5 Å². The maximum atomic E-state index is 14.3. The fourth-order valence-corrected chi connectivity index (χ4v) is 4.74. The van der Waals surface area contributed by atoms with Gasteiger partial charge in [0.15, 0.2) is 0 Å². The summed E-state index contributed by atoms with van der Waals surface area (Å²) >= 11 is 0. The largest absolute Gasteiger partial charge is 0.465 e. The first kappa shape index (κ1) is 24.7. The van der Waals surface area contributed by atoms with Gasteiger partial charge < -0.3 is 25.5 Å². The van der Waals surface area contributed by atoms with Crippen molar-refractivity contribution < 1.29 is 27.8 Å². The summed E-state index contributed by atoms with van der Waals surface area (Å²) in [5.74, 6) is -2.67. The zero-order valence-corrected chi connectivity index (χ0v) is 20.1. The molecular formula is C26H24F3N5O3. The maximum absolute atomic E-state index is 14.3. The fraction of sp³-hybridized carbons (Fsp3) is 0.269. The number of β-amino-alcohol motifs (C(OH)–C–C–N with tert-alkyl or cyclic N) is 1. The van der Waals surface area contributed by atoms with E-state index < -0.39 is 35.6 Å². The number of aryl methyl sites for hydroxylation is 1. The number of carbonyl (C=O) groups excluding carboxylic acids is 1. The number of pyridine rings is 1. The summed E-state index contributed by atoms with van der Waals surface area (Å²) in [5.41, 5.74) is 8.55. The Kier molecular flexibility index (Phi) is 6.34. The number of hydrogen-bond acceptors (Lipinski definition) is 7. The number of nitrogens with two attached hydrogens (primary N) is 1. The molecule has 0 amide bonds. The first-order valence-corrected chi connectivity index (χ1v) is 11.6. The van der Waals surface area contributed by atoms with Crippen LogP contribution in [-0.2, 0) is 4.74 Å². The number of hydrogen-bond donors (Lipinski definition) is 3. The number of aliphatic hydroxyl groups excluding tert-OH is 1. The molecule has 1 aliphatic rings. The molecule has 2 atom stereocenters. The van der Waals surface area contributed by atoms with Crippen LogP contribution in [0.25, 0.3) is 33.5 Å². The van der Waals surface area contributed by atoms with E-state index in [1.807, 2.05) is 4.90 Å². The van der Waals surface area contributed by atoms with E-state index in [-0.39, 0.29) is 34.5 Å². The van der Waals surface area contributed by atoms with Gasteiger partial charge >= 0.3 is 5.97 Å². The van der Waals surface area contributed by atoms with Gasteiger partial charge in [0.05, 0.1) is 41.2 Å². The Hall–Kier alpha value is -3.96. The number of piperidine rings is 1. The van der Waals surface area contributed by atoms with Gasteiger partial charge in [0.2, 0.25) is 0 Å². The predicted octanol–water partition coefficient (Wildman–Crippen LogP) is 3.70. The van der Waals surface area contributed by atoms with E-state index in [0.717, 1.165) is 12.1 Å². The summed E-state index contributed by atoms with van der Waals surface area (Å²) < 4.78 is 47.5. The maximum Gasteiger partial charge on any atom is 0.340 e. The minimum atomic E-state index is -0.845. The molecule has 0 spiro atoms. The summed E-state index contributed by atoms with van der Waals surface area (Å²) in [7, 11) is 1.19. The van der Waals surface area contributed by atoms with Crippen molar-refractivity contribution in [3.05, 3.63) is 65.2 Å². The number of nitrogens with one attached hydrogen (secondary N) is 1. The third-order valence-electron chi connectivity index (χ3n) is 6.56. The van der Waals surface area contributed by atoms with Crippen LogP contribution >= 0.6 is 0 Å². The lowest BCUT2D eigenvalue weighted by Gasteiger charge is -2.37. The van der Waals surface area contributed by atoms with Crippen molar-refractivity contribution >= 4 is 22.7 Å². The van der Waals surface area contributed by atoms with Crippen molar-refractivity contribution in [3.8, 4) is 22.5 Å². The Morgan fingerprint density at radius 3 is 2.54 bits per heavy atom. The highest BCUT2D eigenvalue weighted by Gasteiger charge is 2.30. The highest BCUT2D eigenvalue weighted by molar-refractivity contribution is 6.03. The van der Waals surface area contributed by atoms with Crippen LogP contribution in [0.15, 0.2) is 36.5 Å². The topological polar surface area (TPSA) is 117 Å². The molecule has 1 saturated heterocycles. The third-order valence-corrected chi connectivity index (χ3v) is 6.56. The van der Waals surface area contributed by atoms with Crippen LogP contribution in [-0.4, -0.2) is 58.4 Å². The number of aliphatic hydroxyl groups is 1. The molecule has 0 unspecified atom stereocenters. The minimum Gasteiger partial charge on any atom is -0.465 e. The average Bonchev–Trinajstić information content (AvgIpc) is 3.27. The molecule has 11 heteroatoms. The van der Waals surface area contributed by atoms with E-state index >= 15 is 0 Å². The van der Waals surface area contributed by atoms with Crippen molar-refractivity contribution in [1.29, 1.82) is 0 Å². The van der Waals surface area contributed by atoms with Gasteiger partial charge in [0.25, 0.3) is 0 Å². The quantitative estimate of drug-likeness (QED) is 0.358. The van der Waals surface area contributed by atoms with Crippen molar-refractivity contribution in [1.82, 2.24) is 15.0 Å².